The third kappa shape index (κ3) is 4.46. The first-order valence-electron chi connectivity index (χ1n) is 7.90. The number of imide groups is 1. The van der Waals surface area contributed by atoms with Gasteiger partial charge in [0.05, 0.1) is 19.2 Å². The zero-order valence-electron chi connectivity index (χ0n) is 14.1. The SMILES string of the molecule is COc1ccc(N2C(=O)C[C@H](Nc3ccc(OC(F)(F)Cl)cc3)C2=O)cc1. The van der Waals surface area contributed by atoms with Gasteiger partial charge in [0.1, 0.15) is 17.5 Å². The van der Waals surface area contributed by atoms with Crippen molar-refractivity contribution in [2.24, 2.45) is 0 Å². The number of carbonyl (C=O) groups excluding carboxylic acids is 2. The molecule has 1 aliphatic heterocycles. The summed E-state index contributed by atoms with van der Waals surface area (Å²) in [5.74, 6) is -0.270. The molecule has 1 N–H and O–H groups in total. The van der Waals surface area contributed by atoms with Crippen LogP contribution in [0.1, 0.15) is 6.42 Å². The number of ether oxygens (including phenoxy) is 2. The lowest BCUT2D eigenvalue weighted by Gasteiger charge is -2.17. The zero-order chi connectivity index (χ0) is 19.6. The van der Waals surface area contributed by atoms with Gasteiger partial charge in [-0.05, 0) is 48.5 Å². The van der Waals surface area contributed by atoms with Crippen LogP contribution in [0, 0.1) is 0 Å². The lowest BCUT2D eigenvalue weighted by Crippen LogP contribution is -2.34. The van der Waals surface area contributed by atoms with Gasteiger partial charge in [-0.3, -0.25) is 9.59 Å². The van der Waals surface area contributed by atoms with E-state index in [9.17, 15) is 18.4 Å². The minimum atomic E-state index is -3.80. The Morgan fingerprint density at radius 1 is 1.07 bits per heavy atom. The van der Waals surface area contributed by atoms with Crippen molar-refractivity contribution in [3.8, 4) is 11.5 Å². The number of anilines is 2. The Hall–Kier alpha value is -2.87. The first-order chi connectivity index (χ1) is 12.8. The summed E-state index contributed by atoms with van der Waals surface area (Å²) in [7, 11) is 1.52. The van der Waals surface area contributed by atoms with Crippen LogP contribution in [0.25, 0.3) is 0 Å². The largest absolute Gasteiger partial charge is 0.497 e. The average Bonchev–Trinajstić information content (AvgIpc) is 2.89. The monoisotopic (exact) mass is 396 g/mol. The molecule has 3 rings (SSSR count). The lowest BCUT2D eigenvalue weighted by atomic mass is 10.2. The highest BCUT2D eigenvalue weighted by molar-refractivity contribution is 6.23. The molecular formula is C18H15ClF2N2O4. The number of nitrogens with zero attached hydrogens (tertiary/aromatic N) is 1. The molecule has 9 heteroatoms. The molecule has 2 aromatic carbocycles. The quantitative estimate of drug-likeness (QED) is 0.597. The maximum absolute atomic E-state index is 12.6. The molecular weight excluding hydrogens is 382 g/mol. The Balaban J connectivity index is 1.69. The molecule has 2 aromatic rings. The van der Waals surface area contributed by atoms with E-state index >= 15 is 0 Å². The first kappa shape index (κ1) is 18.9. The van der Waals surface area contributed by atoms with E-state index in [0.717, 1.165) is 4.90 Å². The summed E-state index contributed by atoms with van der Waals surface area (Å²) in [5, 5.41) is 2.92. The summed E-state index contributed by atoms with van der Waals surface area (Å²) in [4.78, 5) is 26.0. The van der Waals surface area contributed by atoms with Crippen LogP contribution < -0.4 is 19.7 Å². The van der Waals surface area contributed by atoms with Crippen LogP contribution in [0.2, 0.25) is 0 Å². The van der Waals surface area contributed by atoms with Crippen molar-refractivity contribution in [1.29, 1.82) is 0 Å². The van der Waals surface area contributed by atoms with Crippen LogP contribution in [0.3, 0.4) is 0 Å². The molecule has 1 aliphatic rings. The Morgan fingerprint density at radius 2 is 1.67 bits per heavy atom. The van der Waals surface area contributed by atoms with Crippen LogP contribution in [0.5, 0.6) is 11.5 Å². The van der Waals surface area contributed by atoms with Crippen molar-refractivity contribution in [1.82, 2.24) is 0 Å². The molecule has 1 atom stereocenters. The van der Waals surface area contributed by atoms with Gasteiger partial charge in [-0.2, -0.15) is 0 Å². The second-order valence-corrected chi connectivity index (χ2v) is 6.18. The Morgan fingerprint density at radius 3 is 2.22 bits per heavy atom. The summed E-state index contributed by atoms with van der Waals surface area (Å²) < 4.78 is 34.5. The van der Waals surface area contributed by atoms with E-state index in [4.69, 9.17) is 16.3 Å². The summed E-state index contributed by atoms with van der Waals surface area (Å²) in [6.45, 7) is 0. The number of carbonyl (C=O) groups is 2. The summed E-state index contributed by atoms with van der Waals surface area (Å²) in [5.41, 5.74) is -2.88. The minimum Gasteiger partial charge on any atom is -0.497 e. The number of rotatable bonds is 6. The number of methoxy groups -OCH3 is 1. The van der Waals surface area contributed by atoms with Crippen LogP contribution in [-0.4, -0.2) is 30.5 Å². The molecule has 0 spiro atoms. The summed E-state index contributed by atoms with van der Waals surface area (Å²) in [6.07, 6.45) is -0.0249. The van der Waals surface area contributed by atoms with Gasteiger partial charge in [-0.15, -0.1) is 8.78 Å². The Kier molecular flexibility index (Phi) is 5.18. The van der Waals surface area contributed by atoms with Crippen molar-refractivity contribution in [3.63, 3.8) is 0 Å². The molecule has 0 bridgehead atoms. The number of nitrogens with one attached hydrogen (secondary N) is 1. The molecule has 0 saturated carbocycles. The third-order valence-corrected chi connectivity index (χ3v) is 3.98. The van der Waals surface area contributed by atoms with Gasteiger partial charge in [-0.1, -0.05) is 0 Å². The van der Waals surface area contributed by atoms with E-state index in [1.165, 1.54) is 31.4 Å². The summed E-state index contributed by atoms with van der Waals surface area (Å²) in [6, 6.07) is 11.2. The highest BCUT2D eigenvalue weighted by atomic mass is 35.5. The van der Waals surface area contributed by atoms with Gasteiger partial charge in [0.15, 0.2) is 0 Å². The van der Waals surface area contributed by atoms with Crippen molar-refractivity contribution < 1.29 is 27.8 Å². The molecule has 0 radical (unpaired) electrons. The number of hydrogen-bond donors (Lipinski definition) is 1. The standard InChI is InChI=1S/C18H15ClF2N2O4/c1-26-13-8-4-12(5-9-13)23-16(24)10-15(17(23)25)22-11-2-6-14(7-3-11)27-18(19,20)21/h2-9,15,22H,10H2,1H3/t15-/m0/s1. The van der Waals surface area contributed by atoms with Gasteiger partial charge in [-0.25, -0.2) is 4.90 Å². The number of amides is 2. The molecule has 1 fully saturated rings. The van der Waals surface area contributed by atoms with Crippen molar-refractivity contribution in [2.45, 2.75) is 18.0 Å². The normalized spacial score (nSPS) is 17.2. The fourth-order valence-electron chi connectivity index (χ4n) is 2.70. The van der Waals surface area contributed by atoms with Crippen molar-refractivity contribution >= 4 is 34.8 Å². The van der Waals surface area contributed by atoms with Crippen LogP contribution >= 0.6 is 11.6 Å². The van der Waals surface area contributed by atoms with Crippen LogP contribution in [0.4, 0.5) is 20.2 Å². The minimum absolute atomic E-state index is 0.0249. The Bertz CT molecular complexity index is 838. The molecule has 142 valence electrons. The lowest BCUT2D eigenvalue weighted by molar-refractivity contribution is -0.121. The van der Waals surface area contributed by atoms with Gasteiger partial charge < -0.3 is 14.8 Å². The molecule has 0 unspecified atom stereocenters. The average molecular weight is 397 g/mol. The molecule has 0 aliphatic carbocycles. The van der Waals surface area contributed by atoms with E-state index in [1.807, 2.05) is 0 Å². The number of halogens is 3. The second-order valence-electron chi connectivity index (χ2n) is 5.74. The van der Waals surface area contributed by atoms with Gasteiger partial charge >= 0.3 is 5.57 Å². The highest BCUT2D eigenvalue weighted by Gasteiger charge is 2.39. The first-order valence-corrected chi connectivity index (χ1v) is 8.28. The predicted octanol–water partition coefficient (Wildman–Crippen LogP) is 3.61. The van der Waals surface area contributed by atoms with Crippen LogP contribution in [-0.2, 0) is 9.59 Å². The second kappa shape index (κ2) is 7.40. The molecule has 0 aromatic heterocycles. The van der Waals surface area contributed by atoms with E-state index < -0.39 is 17.5 Å². The fourth-order valence-corrected chi connectivity index (χ4v) is 2.79. The predicted molar refractivity (Wildman–Crippen MR) is 95.4 cm³/mol. The topological polar surface area (TPSA) is 67.9 Å². The van der Waals surface area contributed by atoms with Crippen molar-refractivity contribution in [3.05, 3.63) is 48.5 Å². The number of hydrogen-bond acceptors (Lipinski definition) is 5. The van der Waals surface area contributed by atoms with Gasteiger partial charge in [0.25, 0.3) is 5.91 Å². The molecule has 27 heavy (non-hydrogen) atoms. The molecule has 1 heterocycles. The maximum Gasteiger partial charge on any atom is 0.487 e. The van der Waals surface area contributed by atoms with Crippen LogP contribution in [0.15, 0.2) is 48.5 Å². The smallest absolute Gasteiger partial charge is 0.487 e. The van der Waals surface area contributed by atoms with Gasteiger partial charge in [0.2, 0.25) is 5.91 Å². The molecule has 2 amide bonds. The van der Waals surface area contributed by atoms with Gasteiger partial charge in [0, 0.05) is 17.3 Å². The Labute approximate surface area is 158 Å². The van der Waals surface area contributed by atoms with E-state index in [-0.39, 0.29) is 18.1 Å². The maximum atomic E-state index is 12.6. The molecule has 1 saturated heterocycles. The fraction of sp³-hybridized carbons (Fsp3) is 0.222. The number of alkyl halides is 3. The van der Waals surface area contributed by atoms with E-state index in [0.29, 0.717) is 17.1 Å². The zero-order valence-corrected chi connectivity index (χ0v) is 14.9. The highest BCUT2D eigenvalue weighted by Crippen LogP contribution is 2.29. The third-order valence-electron chi connectivity index (χ3n) is 3.91. The van der Waals surface area contributed by atoms with E-state index in [1.54, 1.807) is 24.3 Å². The van der Waals surface area contributed by atoms with E-state index in [2.05, 4.69) is 10.1 Å². The summed E-state index contributed by atoms with van der Waals surface area (Å²) >= 11 is 4.71. The molecule has 6 nitrogen and oxygen atoms in total. The van der Waals surface area contributed by atoms with Crippen molar-refractivity contribution in [2.75, 3.05) is 17.3 Å². The number of benzene rings is 2.